The first kappa shape index (κ1) is 63.3. The molecule has 2 atom stereocenters. The fourth-order valence-corrected chi connectivity index (χ4v) is 12.2. The van der Waals surface area contributed by atoms with E-state index >= 15 is 0 Å². The fraction of sp³-hybridized carbons (Fsp3) is 0.282. The number of carbonyl (C=O) groups is 3. The highest BCUT2D eigenvalue weighted by Gasteiger charge is 2.30. The van der Waals surface area contributed by atoms with Gasteiger partial charge in [0.05, 0.1) is 42.4 Å². The zero-order chi connectivity index (χ0) is 63.3. The Kier molecular flexibility index (Phi) is 20.8. The fourth-order valence-electron chi connectivity index (χ4n) is 12.2. The number of allylic oxidation sites excluding steroid dienone is 3. The number of aliphatic hydroxyl groups excluding tert-OH is 2. The van der Waals surface area contributed by atoms with Gasteiger partial charge in [0.25, 0.3) is 17.7 Å². The van der Waals surface area contributed by atoms with E-state index in [9.17, 15) is 42.9 Å². The number of amides is 2. The third kappa shape index (κ3) is 15.4. The summed E-state index contributed by atoms with van der Waals surface area (Å²) in [6, 6.07) is 34.6. The van der Waals surface area contributed by atoms with E-state index in [2.05, 4.69) is 30.9 Å². The molecule has 16 nitrogen and oxygen atoms in total. The van der Waals surface area contributed by atoms with Crippen molar-refractivity contribution in [1.29, 1.82) is 0 Å². The van der Waals surface area contributed by atoms with Crippen molar-refractivity contribution in [2.75, 3.05) is 13.2 Å². The van der Waals surface area contributed by atoms with Crippen molar-refractivity contribution in [3.8, 4) is 5.75 Å². The summed E-state index contributed by atoms with van der Waals surface area (Å²) in [5.74, 6) is -1.44. The molecule has 12 rings (SSSR count). The van der Waals surface area contributed by atoms with Crippen molar-refractivity contribution < 1.29 is 42.9 Å². The first-order chi connectivity index (χ1) is 43.6. The number of phenolic OH excluding ortho intramolecular Hbond substituents is 1. The van der Waals surface area contributed by atoms with Crippen LogP contribution in [0.25, 0.3) is 34.9 Å². The van der Waals surface area contributed by atoms with E-state index in [0.29, 0.717) is 23.5 Å². The van der Waals surface area contributed by atoms with Crippen molar-refractivity contribution in [3.63, 3.8) is 0 Å². The highest BCUT2D eigenvalue weighted by Crippen LogP contribution is 2.36. The number of aryl methyl sites for hydroxylation is 3. The third-order valence-electron chi connectivity index (χ3n) is 16.3. The van der Waals surface area contributed by atoms with Gasteiger partial charge in [-0.15, -0.1) is 0 Å². The molecule has 0 fully saturated rings. The van der Waals surface area contributed by atoms with Gasteiger partial charge in [-0.25, -0.2) is 18.2 Å². The topological polar surface area (TPSA) is 207 Å². The number of aromatic hydroxyl groups is 1. The van der Waals surface area contributed by atoms with Gasteiger partial charge in [0, 0.05) is 50.2 Å². The van der Waals surface area contributed by atoms with E-state index in [1.54, 1.807) is 68.9 Å². The molecule has 0 radical (unpaired) electrons. The number of nitrogens with zero attached hydrogens (tertiary/aromatic N) is 8. The van der Waals surface area contributed by atoms with Gasteiger partial charge in [0.2, 0.25) is 0 Å². The second-order valence-corrected chi connectivity index (χ2v) is 22.8. The number of hydrogen-bond acceptors (Lipinski definition) is 10. The first-order valence-corrected chi connectivity index (χ1v) is 30.4. The molecule has 0 bridgehead atoms. The number of halogens is 3. The van der Waals surface area contributed by atoms with Crippen LogP contribution in [0.5, 0.6) is 5.75 Å². The summed E-state index contributed by atoms with van der Waals surface area (Å²) in [6.45, 7) is -0.415. The van der Waals surface area contributed by atoms with E-state index < -0.39 is 12.1 Å². The molecule has 2 amide bonds. The number of nitrogens with one attached hydrogen (secondary N) is 2. The van der Waals surface area contributed by atoms with E-state index in [1.165, 1.54) is 47.3 Å². The molecule has 0 aliphatic heterocycles. The van der Waals surface area contributed by atoms with E-state index in [0.717, 1.165) is 155 Å². The molecule has 464 valence electrons. The zero-order valence-corrected chi connectivity index (χ0v) is 50.6. The van der Waals surface area contributed by atoms with Crippen LogP contribution in [-0.2, 0) is 46.8 Å². The average molecular weight is 1220 g/mol. The smallest absolute Gasteiger partial charge is 0.283 e. The Balaban J connectivity index is 0.000000149. The van der Waals surface area contributed by atoms with Crippen LogP contribution in [0.4, 0.5) is 13.2 Å². The quantitative estimate of drug-likeness (QED) is 0.0690. The largest absolute Gasteiger partial charge is 0.508 e. The molecule has 0 unspecified atom stereocenters. The molecule has 9 aromatic rings. The maximum atomic E-state index is 13.7. The number of carbonyl (C=O) groups excluding carboxylic acids is 3. The molecule has 90 heavy (non-hydrogen) atoms. The molecule has 19 heteroatoms. The molecule has 3 aliphatic carbocycles. The Hall–Kier alpha value is -9.72. The van der Waals surface area contributed by atoms with Crippen molar-refractivity contribution in [2.24, 2.45) is 21.1 Å². The van der Waals surface area contributed by atoms with E-state index in [4.69, 9.17) is 0 Å². The van der Waals surface area contributed by atoms with Crippen molar-refractivity contribution >= 4 is 52.7 Å². The number of benzene rings is 5. The number of imidazole rings is 1. The summed E-state index contributed by atoms with van der Waals surface area (Å²) in [4.78, 5) is 43.0. The predicted molar refractivity (Wildman–Crippen MR) is 341 cm³/mol. The monoisotopic (exact) mass is 1220 g/mol. The Labute approximate surface area is 520 Å². The van der Waals surface area contributed by atoms with Crippen LogP contribution in [0, 0.1) is 17.5 Å². The second kappa shape index (κ2) is 29.5. The Morgan fingerprint density at radius 2 is 0.967 bits per heavy atom. The number of phenols is 1. The van der Waals surface area contributed by atoms with Crippen LogP contribution < -0.4 is 10.6 Å². The molecular weight excluding hydrogens is 1150 g/mol. The molecule has 0 saturated heterocycles. The summed E-state index contributed by atoms with van der Waals surface area (Å²) in [5, 5.41) is 48.5. The lowest BCUT2D eigenvalue weighted by Crippen LogP contribution is -2.39. The molecular formula is C71H73F3N10O6. The van der Waals surface area contributed by atoms with Gasteiger partial charge in [0.15, 0.2) is 17.1 Å². The maximum Gasteiger partial charge on any atom is 0.283 e. The Morgan fingerprint density at radius 1 is 0.533 bits per heavy atom. The van der Waals surface area contributed by atoms with Crippen LogP contribution in [-0.4, -0.2) is 91.2 Å². The molecule has 0 saturated carbocycles. The summed E-state index contributed by atoms with van der Waals surface area (Å²) in [5.41, 5.74) is 14.1. The lowest BCUT2D eigenvalue weighted by Gasteiger charge is -2.16. The minimum atomic E-state index is -0.501. The number of hydrogen-bond donors (Lipinski definition) is 5. The van der Waals surface area contributed by atoms with Crippen LogP contribution in [0.3, 0.4) is 0 Å². The van der Waals surface area contributed by atoms with Crippen molar-refractivity contribution in [1.82, 2.24) is 49.5 Å². The van der Waals surface area contributed by atoms with Crippen LogP contribution in [0.1, 0.15) is 157 Å². The SMILES string of the molecule is Cn1nc(C(=O)N[C@@H](CO)c2ccccc2)c2c1/C(=C/c1cccc(F)c1)CCCC2.Cn1nc(C(=O)N[C@H](CO)Cc2ccc(O)cc2)c2c1/C(=C/c1cccc(F)c1)CCCC2.Cn1nc(C(=O)n2ccnc2)c2c1/C(=C/c1cccc(F)c1)CCCC2. The van der Waals surface area contributed by atoms with E-state index in [1.807, 2.05) is 87.9 Å². The zero-order valence-electron chi connectivity index (χ0n) is 50.6. The van der Waals surface area contributed by atoms with Gasteiger partial charge in [-0.1, -0.05) is 78.9 Å². The second-order valence-electron chi connectivity index (χ2n) is 22.8. The molecule has 5 aromatic carbocycles. The molecule has 5 N–H and O–H groups in total. The molecule has 3 aliphatic rings. The maximum absolute atomic E-state index is 13.7. The molecule has 4 aromatic heterocycles. The normalized spacial score (nSPS) is 15.8. The Bertz CT molecular complexity index is 4090. The molecule has 0 spiro atoms. The summed E-state index contributed by atoms with van der Waals surface area (Å²) < 4.78 is 47.6. The highest BCUT2D eigenvalue weighted by atomic mass is 19.1. The summed E-state index contributed by atoms with van der Waals surface area (Å²) >= 11 is 0. The number of fused-ring (bicyclic) bond motifs is 3. The summed E-state index contributed by atoms with van der Waals surface area (Å²) in [7, 11) is 5.51. The van der Waals surface area contributed by atoms with Gasteiger partial charge in [-0.2, -0.15) is 15.3 Å². The van der Waals surface area contributed by atoms with Crippen molar-refractivity contribution in [2.45, 2.75) is 95.6 Å². The minimum absolute atomic E-state index is 0.168. The number of aliphatic hydroxyl groups is 2. The van der Waals surface area contributed by atoms with Gasteiger partial charge in [-0.05, 0) is 195 Å². The summed E-state index contributed by atoms with van der Waals surface area (Å²) in [6.07, 6.45) is 21.8. The third-order valence-corrected chi connectivity index (χ3v) is 16.3. The average Bonchev–Trinajstić information content (AvgIpc) is 1.77. The van der Waals surface area contributed by atoms with Crippen LogP contribution in [0.15, 0.2) is 146 Å². The number of aromatic nitrogens is 8. The van der Waals surface area contributed by atoms with E-state index in [-0.39, 0.29) is 54.1 Å². The van der Waals surface area contributed by atoms with Crippen LogP contribution >= 0.6 is 0 Å². The lowest BCUT2D eigenvalue weighted by atomic mass is 10.0. The van der Waals surface area contributed by atoms with Gasteiger partial charge in [0.1, 0.15) is 29.5 Å². The first-order valence-electron chi connectivity index (χ1n) is 30.4. The van der Waals surface area contributed by atoms with Gasteiger partial charge < -0.3 is 26.0 Å². The van der Waals surface area contributed by atoms with Gasteiger partial charge in [-0.3, -0.25) is 33.0 Å². The lowest BCUT2D eigenvalue weighted by molar-refractivity contribution is 0.0902. The molecule has 4 heterocycles. The van der Waals surface area contributed by atoms with Crippen LogP contribution in [0.2, 0.25) is 0 Å². The highest BCUT2D eigenvalue weighted by molar-refractivity contribution is 5.99. The predicted octanol–water partition coefficient (Wildman–Crippen LogP) is 11.9. The Morgan fingerprint density at radius 3 is 1.39 bits per heavy atom. The number of rotatable bonds is 13. The van der Waals surface area contributed by atoms with Crippen molar-refractivity contribution in [3.05, 3.63) is 242 Å². The van der Waals surface area contributed by atoms with Gasteiger partial charge >= 0.3 is 0 Å². The minimum Gasteiger partial charge on any atom is -0.508 e. The standard InChI is InChI=1S/C26H28FN3O3.C25H26FN3O2.C20H19FN4O/c1-30-25-19(13-18-5-4-7-20(27)14-18)6-2-3-8-23(25)24(29-30)26(33)28-21(16-31)15-17-9-11-22(32)12-10-17;1-29-24-19(14-17-8-7-12-20(26)15-17)11-5-6-13-21(24)23(28-29)25(31)27-22(16-30)18-9-3-2-4-10-18;1-24-19-15(11-14-5-4-7-16(21)12-14)6-2-3-8-17(19)18(23-24)20(26)25-10-9-22-13-25/h4-5,7,9-14,21,31-32H,2-3,6,8,15-16H2,1H3,(H,28,33);2-4,7-10,12,14-15,22,30H,5-6,11,13,16H2,1H3,(H,27,31);4-5,7,9-13H,2-3,6,8H2,1H3/b19-13+;19-14+;15-11+/t21-;22-;/m00./s1.